The number of esters is 1. The van der Waals surface area contributed by atoms with Gasteiger partial charge in [0, 0.05) is 5.41 Å². The Labute approximate surface area is 144 Å². The zero-order chi connectivity index (χ0) is 17.3. The molecule has 0 saturated heterocycles. The minimum atomic E-state index is -0.418. The van der Waals surface area contributed by atoms with E-state index in [0.29, 0.717) is 18.3 Å². The van der Waals surface area contributed by atoms with E-state index >= 15 is 0 Å². The maximum atomic E-state index is 11.9. The molecule has 0 aliphatic heterocycles. The molecule has 1 fully saturated rings. The van der Waals surface area contributed by atoms with Gasteiger partial charge in [-0.25, -0.2) is 0 Å². The van der Waals surface area contributed by atoms with Crippen molar-refractivity contribution in [2.24, 2.45) is 17.3 Å². The number of ether oxygens (including phenoxy) is 2. The topological polar surface area (TPSA) is 55.8 Å². The summed E-state index contributed by atoms with van der Waals surface area (Å²) in [6.07, 6.45) is 4.83. The quantitative estimate of drug-likeness (QED) is 0.861. The van der Waals surface area contributed by atoms with Crippen LogP contribution in [0.5, 0.6) is 5.75 Å². The molecule has 2 aliphatic rings. The number of aryl methyl sites for hydroxylation is 1. The summed E-state index contributed by atoms with van der Waals surface area (Å²) in [6.45, 7) is 2.07. The average Bonchev–Trinajstić information content (AvgIpc) is 2.88. The number of hydrogen-bond acceptors (Lipinski definition) is 4. The number of aliphatic hydroxyl groups excluding tert-OH is 1. The number of fused-ring (bicyclic) bond motifs is 1. The minimum Gasteiger partial charge on any atom is -0.497 e. The van der Waals surface area contributed by atoms with Gasteiger partial charge in [0.15, 0.2) is 0 Å². The number of rotatable bonds is 4. The van der Waals surface area contributed by atoms with Gasteiger partial charge in [-0.3, -0.25) is 4.79 Å². The molecule has 132 valence electrons. The third-order valence-corrected chi connectivity index (χ3v) is 6.36. The predicted molar refractivity (Wildman–Crippen MR) is 92.0 cm³/mol. The van der Waals surface area contributed by atoms with Crippen LogP contribution in [0, 0.1) is 17.3 Å². The summed E-state index contributed by atoms with van der Waals surface area (Å²) in [7, 11) is 3.12. The van der Waals surface area contributed by atoms with Crippen molar-refractivity contribution < 1.29 is 19.4 Å². The van der Waals surface area contributed by atoms with Crippen molar-refractivity contribution in [3.05, 3.63) is 29.3 Å². The molecular formula is C20H28O4. The summed E-state index contributed by atoms with van der Waals surface area (Å²) >= 11 is 0. The van der Waals surface area contributed by atoms with Crippen LogP contribution < -0.4 is 4.74 Å². The smallest absolute Gasteiger partial charge is 0.306 e. The summed E-state index contributed by atoms with van der Waals surface area (Å²) in [6, 6.07) is 6.34. The van der Waals surface area contributed by atoms with Gasteiger partial charge in [0.2, 0.25) is 0 Å². The van der Waals surface area contributed by atoms with Gasteiger partial charge in [-0.2, -0.15) is 0 Å². The van der Waals surface area contributed by atoms with Gasteiger partial charge < -0.3 is 14.6 Å². The van der Waals surface area contributed by atoms with Gasteiger partial charge in [-0.1, -0.05) is 13.0 Å². The molecule has 0 bridgehead atoms. The van der Waals surface area contributed by atoms with Gasteiger partial charge in [-0.15, -0.1) is 0 Å². The fraction of sp³-hybridized carbons (Fsp3) is 0.650. The number of methoxy groups -OCH3 is 2. The normalized spacial score (nSPS) is 32.2. The predicted octanol–water partition coefficient (Wildman–Crippen LogP) is 3.14. The molecule has 0 spiro atoms. The second-order valence-electron chi connectivity index (χ2n) is 7.60. The van der Waals surface area contributed by atoms with E-state index in [0.717, 1.165) is 37.9 Å². The minimum absolute atomic E-state index is 0.218. The molecule has 24 heavy (non-hydrogen) atoms. The second kappa shape index (κ2) is 6.75. The molecule has 3 rings (SSSR count). The van der Waals surface area contributed by atoms with Crippen molar-refractivity contribution in [2.75, 3.05) is 14.2 Å². The molecule has 0 heterocycles. The highest BCUT2D eigenvalue weighted by molar-refractivity contribution is 5.70. The Morgan fingerprint density at radius 1 is 1.25 bits per heavy atom. The Kier molecular flexibility index (Phi) is 4.86. The number of carbonyl (C=O) groups is 1. The lowest BCUT2D eigenvalue weighted by atomic mass is 9.65. The Bertz CT molecular complexity index is 612. The van der Waals surface area contributed by atoms with E-state index in [2.05, 4.69) is 19.1 Å². The first kappa shape index (κ1) is 17.3. The van der Waals surface area contributed by atoms with E-state index in [1.54, 1.807) is 7.11 Å². The Morgan fingerprint density at radius 2 is 2.04 bits per heavy atom. The van der Waals surface area contributed by atoms with Crippen LogP contribution in [-0.4, -0.2) is 31.4 Å². The van der Waals surface area contributed by atoms with Gasteiger partial charge in [0.25, 0.3) is 0 Å². The zero-order valence-corrected chi connectivity index (χ0v) is 14.9. The number of hydrogen-bond donors (Lipinski definition) is 1. The lowest BCUT2D eigenvalue weighted by Gasteiger charge is -2.40. The highest BCUT2D eigenvalue weighted by atomic mass is 16.5. The van der Waals surface area contributed by atoms with Crippen LogP contribution in [0.15, 0.2) is 18.2 Å². The lowest BCUT2D eigenvalue weighted by Crippen LogP contribution is -2.39. The molecule has 0 aromatic heterocycles. The SMILES string of the molecule is COC(=O)C[C@]1(C)[C@@H](O)CC[C@H]1C1CCc2cc(OC)ccc2C1. The van der Waals surface area contributed by atoms with Crippen LogP contribution in [0.4, 0.5) is 0 Å². The van der Waals surface area contributed by atoms with Gasteiger partial charge in [-0.05, 0) is 67.2 Å². The fourth-order valence-corrected chi connectivity index (χ4v) is 4.88. The van der Waals surface area contributed by atoms with Crippen molar-refractivity contribution in [3.63, 3.8) is 0 Å². The molecule has 2 aliphatic carbocycles. The molecule has 1 saturated carbocycles. The zero-order valence-electron chi connectivity index (χ0n) is 14.9. The van der Waals surface area contributed by atoms with Crippen LogP contribution in [0.2, 0.25) is 0 Å². The van der Waals surface area contributed by atoms with Crippen LogP contribution in [0.25, 0.3) is 0 Å². The molecular weight excluding hydrogens is 304 g/mol. The largest absolute Gasteiger partial charge is 0.497 e. The molecule has 0 amide bonds. The first-order valence-corrected chi connectivity index (χ1v) is 8.88. The molecule has 4 atom stereocenters. The van der Waals surface area contributed by atoms with Crippen LogP contribution in [0.1, 0.15) is 43.7 Å². The van der Waals surface area contributed by atoms with E-state index in [1.165, 1.54) is 18.2 Å². The van der Waals surface area contributed by atoms with Crippen molar-refractivity contribution in [1.29, 1.82) is 0 Å². The van der Waals surface area contributed by atoms with E-state index in [-0.39, 0.29) is 11.4 Å². The first-order chi connectivity index (χ1) is 11.5. The third-order valence-electron chi connectivity index (χ3n) is 6.36. The molecule has 1 unspecified atom stereocenters. The summed E-state index contributed by atoms with van der Waals surface area (Å²) < 4.78 is 10.2. The standard InChI is InChI=1S/C20H28O4/c1-20(12-19(22)24-3)17(8-9-18(20)21)15-5-4-14-11-16(23-2)7-6-13(14)10-15/h6-7,11,15,17-18,21H,4-5,8-10,12H2,1-3H3/t15?,17-,18-,20-/m0/s1. The van der Waals surface area contributed by atoms with Gasteiger partial charge >= 0.3 is 5.97 Å². The Morgan fingerprint density at radius 3 is 2.75 bits per heavy atom. The maximum absolute atomic E-state index is 11.9. The fourth-order valence-electron chi connectivity index (χ4n) is 4.88. The number of aliphatic hydroxyl groups is 1. The van der Waals surface area contributed by atoms with E-state index in [1.807, 2.05) is 6.07 Å². The van der Waals surface area contributed by atoms with Gasteiger partial charge in [0.05, 0.1) is 26.7 Å². The van der Waals surface area contributed by atoms with E-state index in [9.17, 15) is 9.90 Å². The summed E-state index contributed by atoms with van der Waals surface area (Å²) in [5.74, 6) is 1.57. The molecule has 1 aromatic rings. The van der Waals surface area contributed by atoms with Crippen LogP contribution in [0.3, 0.4) is 0 Å². The number of benzene rings is 1. The van der Waals surface area contributed by atoms with E-state index in [4.69, 9.17) is 9.47 Å². The van der Waals surface area contributed by atoms with Crippen molar-refractivity contribution >= 4 is 5.97 Å². The number of carbonyl (C=O) groups excluding carboxylic acids is 1. The third kappa shape index (κ3) is 3.04. The molecule has 1 aromatic carbocycles. The summed E-state index contributed by atoms with van der Waals surface area (Å²) in [4.78, 5) is 11.9. The summed E-state index contributed by atoms with van der Waals surface area (Å²) in [5, 5.41) is 10.5. The summed E-state index contributed by atoms with van der Waals surface area (Å²) in [5.41, 5.74) is 2.38. The average molecular weight is 332 g/mol. The van der Waals surface area contributed by atoms with Crippen LogP contribution >= 0.6 is 0 Å². The Balaban J connectivity index is 1.79. The molecule has 1 N–H and O–H groups in total. The maximum Gasteiger partial charge on any atom is 0.306 e. The second-order valence-corrected chi connectivity index (χ2v) is 7.60. The van der Waals surface area contributed by atoms with Gasteiger partial charge in [0.1, 0.15) is 5.75 Å². The van der Waals surface area contributed by atoms with E-state index < -0.39 is 6.10 Å². The molecule has 4 nitrogen and oxygen atoms in total. The molecule has 4 heteroatoms. The monoisotopic (exact) mass is 332 g/mol. The highest BCUT2D eigenvalue weighted by Crippen LogP contribution is 2.52. The molecule has 0 radical (unpaired) electrons. The Hall–Kier alpha value is -1.55. The lowest BCUT2D eigenvalue weighted by molar-refractivity contribution is -0.146. The van der Waals surface area contributed by atoms with Crippen molar-refractivity contribution in [2.45, 2.75) is 51.6 Å². The van der Waals surface area contributed by atoms with Crippen molar-refractivity contribution in [3.8, 4) is 5.75 Å². The first-order valence-electron chi connectivity index (χ1n) is 8.88. The highest BCUT2D eigenvalue weighted by Gasteiger charge is 2.50. The van der Waals surface area contributed by atoms with Crippen LogP contribution in [-0.2, 0) is 22.4 Å². The van der Waals surface area contributed by atoms with Crippen molar-refractivity contribution in [1.82, 2.24) is 0 Å².